The van der Waals surface area contributed by atoms with Gasteiger partial charge < -0.3 is 5.32 Å². The van der Waals surface area contributed by atoms with E-state index in [1.807, 2.05) is 6.92 Å². The highest BCUT2D eigenvalue weighted by Crippen LogP contribution is 2.18. The van der Waals surface area contributed by atoms with Gasteiger partial charge in [-0.25, -0.2) is 4.98 Å². The predicted molar refractivity (Wildman–Crippen MR) is 84.2 cm³/mol. The van der Waals surface area contributed by atoms with E-state index < -0.39 is 0 Å². The fourth-order valence-corrected chi connectivity index (χ4v) is 3.35. The molecule has 0 aliphatic rings. The smallest absolute Gasteiger partial charge is 0.0900 e. The average molecular weight is 292 g/mol. The number of nitrogens with one attached hydrogen (secondary N) is 1. The van der Waals surface area contributed by atoms with Gasteiger partial charge in [0.05, 0.1) is 22.9 Å². The Morgan fingerprint density at radius 3 is 2.70 bits per heavy atom. The highest BCUT2D eigenvalue weighted by molar-refractivity contribution is 7.11. The van der Waals surface area contributed by atoms with Crippen LogP contribution in [0.2, 0.25) is 0 Å². The molecule has 0 aromatic carbocycles. The first-order chi connectivity index (χ1) is 9.49. The summed E-state index contributed by atoms with van der Waals surface area (Å²) < 4.78 is 2.08. The third-order valence-electron chi connectivity index (χ3n) is 3.38. The zero-order valence-electron chi connectivity index (χ0n) is 13.0. The normalized spacial score (nSPS) is 12.8. The first-order valence-electron chi connectivity index (χ1n) is 7.19. The van der Waals surface area contributed by atoms with E-state index >= 15 is 0 Å². The van der Waals surface area contributed by atoms with Crippen LogP contribution in [0.4, 0.5) is 0 Å². The van der Waals surface area contributed by atoms with Crippen LogP contribution in [0.3, 0.4) is 0 Å². The summed E-state index contributed by atoms with van der Waals surface area (Å²) in [6, 6.07) is 2.51. The fourth-order valence-electron chi connectivity index (χ4n) is 2.38. The van der Waals surface area contributed by atoms with Crippen molar-refractivity contribution in [3.63, 3.8) is 0 Å². The fraction of sp³-hybridized carbons (Fsp3) is 0.600. The number of aryl methyl sites for hydroxylation is 4. The van der Waals surface area contributed by atoms with Gasteiger partial charge in [0.2, 0.25) is 0 Å². The summed E-state index contributed by atoms with van der Waals surface area (Å²) in [7, 11) is 0. The Hall–Kier alpha value is -1.20. The van der Waals surface area contributed by atoms with Crippen molar-refractivity contribution >= 4 is 11.3 Å². The maximum Gasteiger partial charge on any atom is 0.0900 e. The van der Waals surface area contributed by atoms with Crippen LogP contribution >= 0.6 is 11.3 Å². The van der Waals surface area contributed by atoms with Crippen molar-refractivity contribution in [3.05, 3.63) is 33.0 Å². The SMILES string of the molecule is CCc1nc(C)sc1CN[C@@H](C)Cn1nc(C)cc1C. The molecule has 2 rings (SSSR count). The first kappa shape index (κ1) is 15.2. The zero-order valence-corrected chi connectivity index (χ0v) is 13.8. The molecule has 2 aromatic heterocycles. The lowest BCUT2D eigenvalue weighted by Gasteiger charge is -2.14. The van der Waals surface area contributed by atoms with Crippen LogP contribution < -0.4 is 5.32 Å². The molecule has 2 aromatic rings. The number of thiazole rings is 1. The molecule has 0 saturated heterocycles. The molecular formula is C15H24N4S. The second-order valence-corrected chi connectivity index (χ2v) is 6.64. The molecule has 1 N–H and O–H groups in total. The number of nitrogens with zero attached hydrogens (tertiary/aromatic N) is 3. The minimum atomic E-state index is 0.389. The maximum absolute atomic E-state index is 4.57. The molecule has 20 heavy (non-hydrogen) atoms. The van der Waals surface area contributed by atoms with E-state index in [1.54, 1.807) is 11.3 Å². The van der Waals surface area contributed by atoms with Crippen molar-refractivity contribution in [2.24, 2.45) is 0 Å². The Bertz CT molecular complexity index is 570. The van der Waals surface area contributed by atoms with E-state index in [1.165, 1.54) is 16.3 Å². The molecule has 0 radical (unpaired) electrons. The molecule has 110 valence electrons. The molecule has 0 unspecified atom stereocenters. The summed E-state index contributed by atoms with van der Waals surface area (Å²) in [6.07, 6.45) is 1.01. The number of aromatic nitrogens is 3. The van der Waals surface area contributed by atoms with E-state index in [4.69, 9.17) is 0 Å². The summed E-state index contributed by atoms with van der Waals surface area (Å²) in [6.45, 7) is 12.4. The summed E-state index contributed by atoms with van der Waals surface area (Å²) in [5, 5.41) is 9.25. The van der Waals surface area contributed by atoms with Crippen LogP contribution in [0.5, 0.6) is 0 Å². The predicted octanol–water partition coefficient (Wildman–Crippen LogP) is 3.01. The Morgan fingerprint density at radius 2 is 2.10 bits per heavy atom. The lowest BCUT2D eigenvalue weighted by molar-refractivity contribution is 0.444. The number of rotatable bonds is 6. The molecule has 1 atom stereocenters. The van der Waals surface area contributed by atoms with Gasteiger partial charge in [-0.3, -0.25) is 4.68 Å². The summed E-state index contributed by atoms with van der Waals surface area (Å²) in [5.74, 6) is 0. The van der Waals surface area contributed by atoms with Gasteiger partial charge in [0.15, 0.2) is 0 Å². The topological polar surface area (TPSA) is 42.7 Å². The Labute approximate surface area is 125 Å². The first-order valence-corrected chi connectivity index (χ1v) is 8.00. The minimum absolute atomic E-state index is 0.389. The zero-order chi connectivity index (χ0) is 14.7. The van der Waals surface area contributed by atoms with E-state index in [2.05, 4.69) is 53.8 Å². The molecule has 5 heteroatoms. The van der Waals surface area contributed by atoms with E-state index in [0.29, 0.717) is 6.04 Å². The highest BCUT2D eigenvalue weighted by atomic mass is 32.1. The van der Waals surface area contributed by atoms with Crippen molar-refractivity contribution in [2.75, 3.05) is 0 Å². The largest absolute Gasteiger partial charge is 0.307 e. The van der Waals surface area contributed by atoms with Gasteiger partial charge in [0.25, 0.3) is 0 Å². The van der Waals surface area contributed by atoms with Crippen molar-refractivity contribution in [2.45, 2.75) is 60.2 Å². The second-order valence-electron chi connectivity index (χ2n) is 5.35. The molecule has 0 amide bonds. The molecule has 0 saturated carbocycles. The molecule has 0 aliphatic carbocycles. The lowest BCUT2D eigenvalue weighted by atomic mass is 10.2. The van der Waals surface area contributed by atoms with Gasteiger partial charge in [-0.05, 0) is 40.2 Å². The summed E-state index contributed by atoms with van der Waals surface area (Å²) in [5.41, 5.74) is 3.54. The van der Waals surface area contributed by atoms with Crippen LogP contribution in [0, 0.1) is 20.8 Å². The van der Waals surface area contributed by atoms with Gasteiger partial charge in [-0.15, -0.1) is 11.3 Å². The number of hydrogen-bond acceptors (Lipinski definition) is 4. The number of hydrogen-bond donors (Lipinski definition) is 1. The lowest BCUT2D eigenvalue weighted by Crippen LogP contribution is -2.30. The molecule has 2 heterocycles. The average Bonchev–Trinajstić information content (AvgIpc) is 2.89. The monoisotopic (exact) mass is 292 g/mol. The van der Waals surface area contributed by atoms with Gasteiger partial charge in [-0.1, -0.05) is 6.92 Å². The van der Waals surface area contributed by atoms with Crippen LogP contribution in [0.1, 0.15) is 40.8 Å². The molecule has 0 aliphatic heterocycles. The van der Waals surface area contributed by atoms with Crippen LogP contribution in [0.15, 0.2) is 6.07 Å². The van der Waals surface area contributed by atoms with Crippen molar-refractivity contribution in [1.29, 1.82) is 0 Å². The summed E-state index contributed by atoms with van der Waals surface area (Å²) in [4.78, 5) is 5.94. The maximum atomic E-state index is 4.57. The standard InChI is InChI=1S/C15H24N4S/c1-6-14-15(20-13(5)17-14)8-16-11(3)9-19-12(4)7-10(2)18-19/h7,11,16H,6,8-9H2,1-5H3/t11-/m0/s1. The third-order valence-corrected chi connectivity index (χ3v) is 4.39. The molecule has 0 fully saturated rings. The third kappa shape index (κ3) is 3.67. The van der Waals surface area contributed by atoms with Gasteiger partial charge in [0.1, 0.15) is 0 Å². The van der Waals surface area contributed by atoms with Crippen LogP contribution in [0.25, 0.3) is 0 Å². The molecule has 0 bridgehead atoms. The van der Waals surface area contributed by atoms with Crippen LogP contribution in [-0.4, -0.2) is 20.8 Å². The Balaban J connectivity index is 1.91. The van der Waals surface area contributed by atoms with Crippen molar-refractivity contribution in [1.82, 2.24) is 20.1 Å². The van der Waals surface area contributed by atoms with Crippen LogP contribution in [-0.2, 0) is 19.5 Å². The summed E-state index contributed by atoms with van der Waals surface area (Å²) >= 11 is 1.80. The Morgan fingerprint density at radius 1 is 1.35 bits per heavy atom. The van der Waals surface area contributed by atoms with Crippen molar-refractivity contribution < 1.29 is 0 Å². The highest BCUT2D eigenvalue weighted by Gasteiger charge is 2.10. The molecule has 4 nitrogen and oxygen atoms in total. The van der Waals surface area contributed by atoms with Crippen molar-refractivity contribution in [3.8, 4) is 0 Å². The second kappa shape index (κ2) is 6.50. The minimum Gasteiger partial charge on any atom is -0.307 e. The Kier molecular flexibility index (Phi) is 4.94. The van der Waals surface area contributed by atoms with E-state index in [9.17, 15) is 0 Å². The van der Waals surface area contributed by atoms with E-state index in [0.717, 1.165) is 30.2 Å². The quantitative estimate of drug-likeness (QED) is 0.890. The molecule has 0 spiro atoms. The van der Waals surface area contributed by atoms with Gasteiger partial charge in [-0.2, -0.15) is 5.10 Å². The van der Waals surface area contributed by atoms with E-state index in [-0.39, 0.29) is 0 Å². The van der Waals surface area contributed by atoms with Gasteiger partial charge in [0, 0.05) is 23.2 Å². The van der Waals surface area contributed by atoms with Gasteiger partial charge >= 0.3 is 0 Å². The molecular weight excluding hydrogens is 268 g/mol.